The van der Waals surface area contributed by atoms with E-state index >= 15 is 0 Å². The van der Waals surface area contributed by atoms with Crippen LogP contribution in [0.3, 0.4) is 0 Å². The number of ketones is 1. The Hall–Kier alpha value is -3.79. The summed E-state index contributed by atoms with van der Waals surface area (Å²) >= 11 is 0. The smallest absolute Gasteiger partial charge is 0.416 e. The fraction of sp³-hybridized carbons (Fsp3) is 0.424. The maximum absolute atomic E-state index is 13.9. The van der Waals surface area contributed by atoms with Crippen molar-refractivity contribution in [3.8, 4) is 0 Å². The highest BCUT2D eigenvalue weighted by molar-refractivity contribution is 6.02. The summed E-state index contributed by atoms with van der Waals surface area (Å²) < 4.78 is 22.7. The molecule has 4 atom stereocenters. The molecule has 2 aliphatic rings. The highest BCUT2D eigenvalue weighted by Gasteiger charge is 2.46. The zero-order valence-corrected chi connectivity index (χ0v) is 24.1. The Morgan fingerprint density at radius 1 is 1.05 bits per heavy atom. The fourth-order valence-electron chi connectivity index (χ4n) is 4.89. The number of aliphatic hydroxyl groups excluding tert-OH is 1. The van der Waals surface area contributed by atoms with E-state index in [2.05, 4.69) is 0 Å². The molecule has 2 aromatic carbocycles. The number of amides is 2. The Labute approximate surface area is 246 Å². The van der Waals surface area contributed by atoms with Crippen LogP contribution in [0.4, 0.5) is 4.79 Å². The number of aliphatic hydroxyl groups is 1. The molecule has 9 nitrogen and oxygen atoms in total. The molecule has 2 aliphatic heterocycles. The maximum atomic E-state index is 13.9. The minimum absolute atomic E-state index is 0.00901. The number of carbonyl (C=O) groups excluding carboxylic acids is 3. The van der Waals surface area contributed by atoms with Crippen molar-refractivity contribution in [2.45, 2.75) is 51.5 Å². The number of imide groups is 1. The van der Waals surface area contributed by atoms with E-state index in [9.17, 15) is 19.5 Å². The lowest BCUT2D eigenvalue weighted by Gasteiger charge is -2.32. The molecule has 1 saturated heterocycles. The van der Waals surface area contributed by atoms with Crippen LogP contribution >= 0.6 is 0 Å². The highest BCUT2D eigenvalue weighted by atomic mass is 16.6. The normalized spacial score (nSPS) is 21.0. The second-order valence-corrected chi connectivity index (χ2v) is 10.7. The maximum Gasteiger partial charge on any atom is 0.416 e. The van der Waals surface area contributed by atoms with E-state index < -0.39 is 36.2 Å². The summed E-state index contributed by atoms with van der Waals surface area (Å²) in [5.74, 6) is -1.32. The second-order valence-electron chi connectivity index (χ2n) is 10.7. The minimum atomic E-state index is -1.10. The third-order valence-electron chi connectivity index (χ3n) is 7.29. The van der Waals surface area contributed by atoms with Crippen molar-refractivity contribution >= 4 is 17.8 Å². The van der Waals surface area contributed by atoms with E-state index in [1.165, 1.54) is 6.08 Å². The first-order valence-electron chi connectivity index (χ1n) is 14.3. The van der Waals surface area contributed by atoms with E-state index in [0.717, 1.165) is 16.0 Å². The second kappa shape index (κ2) is 15.4. The van der Waals surface area contributed by atoms with Crippen molar-refractivity contribution in [2.75, 3.05) is 26.4 Å². The lowest BCUT2D eigenvalue weighted by Crippen LogP contribution is -2.50. The van der Waals surface area contributed by atoms with Gasteiger partial charge in [0.25, 0.3) is 0 Å². The number of hydrogen-bond acceptors (Lipinski definition) is 8. The van der Waals surface area contributed by atoms with Crippen LogP contribution in [-0.4, -0.2) is 72.5 Å². The topological polar surface area (TPSA) is 112 Å². The average Bonchev–Trinajstić information content (AvgIpc) is 3.40. The molecule has 1 fully saturated rings. The first-order valence-corrected chi connectivity index (χ1v) is 14.3. The molecular weight excluding hydrogens is 538 g/mol. The van der Waals surface area contributed by atoms with Gasteiger partial charge in [0.1, 0.15) is 18.5 Å². The molecule has 2 aromatic rings. The van der Waals surface area contributed by atoms with Crippen molar-refractivity contribution < 1.29 is 38.4 Å². The van der Waals surface area contributed by atoms with Crippen LogP contribution in [0.2, 0.25) is 0 Å². The minimum Gasteiger partial charge on any atom is -0.482 e. The molecular formula is C33H39NO8. The quantitative estimate of drug-likeness (QED) is 0.332. The van der Waals surface area contributed by atoms with Gasteiger partial charge in [0.05, 0.1) is 38.4 Å². The first kappa shape index (κ1) is 31.2. The van der Waals surface area contributed by atoms with Crippen LogP contribution in [0.25, 0.3) is 0 Å². The van der Waals surface area contributed by atoms with Gasteiger partial charge in [-0.3, -0.25) is 9.59 Å². The molecule has 42 heavy (non-hydrogen) atoms. The molecule has 0 bridgehead atoms. The number of rotatable bonds is 14. The van der Waals surface area contributed by atoms with Crippen LogP contribution in [-0.2, 0) is 41.6 Å². The van der Waals surface area contributed by atoms with Crippen molar-refractivity contribution in [3.63, 3.8) is 0 Å². The monoisotopic (exact) mass is 577 g/mol. The molecule has 2 amide bonds. The largest absolute Gasteiger partial charge is 0.482 e. The molecule has 0 saturated carbocycles. The molecule has 224 valence electrons. The van der Waals surface area contributed by atoms with E-state index in [1.54, 1.807) is 12.2 Å². The predicted octanol–water partition coefficient (Wildman–Crippen LogP) is 4.24. The van der Waals surface area contributed by atoms with Gasteiger partial charge in [0, 0.05) is 0 Å². The van der Waals surface area contributed by atoms with Gasteiger partial charge in [-0.2, -0.15) is 0 Å². The summed E-state index contributed by atoms with van der Waals surface area (Å²) in [6.45, 7) is 4.75. The van der Waals surface area contributed by atoms with Crippen molar-refractivity contribution in [3.05, 3.63) is 95.8 Å². The van der Waals surface area contributed by atoms with Crippen LogP contribution in [0.15, 0.2) is 84.7 Å². The van der Waals surface area contributed by atoms with Gasteiger partial charge in [0.2, 0.25) is 5.91 Å². The van der Waals surface area contributed by atoms with E-state index in [1.807, 2.05) is 74.5 Å². The third kappa shape index (κ3) is 8.38. The molecule has 4 rings (SSSR count). The fourth-order valence-corrected chi connectivity index (χ4v) is 4.89. The number of carbonyl (C=O) groups is 3. The van der Waals surface area contributed by atoms with Gasteiger partial charge in [0.15, 0.2) is 11.9 Å². The highest BCUT2D eigenvalue weighted by Crippen LogP contribution is 2.29. The van der Waals surface area contributed by atoms with Crippen molar-refractivity contribution in [1.29, 1.82) is 0 Å². The lowest BCUT2D eigenvalue weighted by molar-refractivity contribution is -0.144. The third-order valence-corrected chi connectivity index (χ3v) is 7.29. The average molecular weight is 578 g/mol. The van der Waals surface area contributed by atoms with Crippen LogP contribution in [0, 0.1) is 11.8 Å². The van der Waals surface area contributed by atoms with Crippen molar-refractivity contribution in [2.24, 2.45) is 11.8 Å². The summed E-state index contributed by atoms with van der Waals surface area (Å²) in [6.07, 6.45) is 3.22. The number of nitrogens with zero attached hydrogens (tertiary/aromatic N) is 1. The number of allylic oxidation sites excluding steroid dienone is 1. The molecule has 0 aliphatic carbocycles. The number of benzene rings is 2. The summed E-state index contributed by atoms with van der Waals surface area (Å²) in [5, 5.41) is 9.62. The number of ether oxygens (including phenoxy) is 4. The number of cyclic esters (lactones) is 1. The molecule has 0 unspecified atom stereocenters. The molecule has 0 spiro atoms. The van der Waals surface area contributed by atoms with Crippen LogP contribution in [0.5, 0.6) is 0 Å². The van der Waals surface area contributed by atoms with Crippen molar-refractivity contribution in [1.82, 2.24) is 4.90 Å². The Morgan fingerprint density at radius 2 is 1.74 bits per heavy atom. The standard InChI is InChI=1S/C33H39NO8/c1-23(2)29-22-41-33(38)34(29)32(37)28(18-24-10-5-3-6-11-24)31-30(36)16-15-26(42-31)14-9-17-39-21-27(19-35)40-20-25-12-7-4-8-13-25/h3-8,10-16,23,27-29,31,35H,9,17-22H2,1-2H3/t27-,28-,29+,31-/m1/s1. The summed E-state index contributed by atoms with van der Waals surface area (Å²) in [7, 11) is 0. The van der Waals surface area contributed by atoms with E-state index in [0.29, 0.717) is 25.4 Å². The number of hydrogen-bond donors (Lipinski definition) is 1. The van der Waals surface area contributed by atoms with Crippen LogP contribution in [0.1, 0.15) is 31.4 Å². The van der Waals surface area contributed by atoms with Crippen LogP contribution < -0.4 is 0 Å². The van der Waals surface area contributed by atoms with E-state index in [-0.39, 0.29) is 37.9 Å². The van der Waals surface area contributed by atoms with Gasteiger partial charge < -0.3 is 24.1 Å². The predicted molar refractivity (Wildman–Crippen MR) is 155 cm³/mol. The molecule has 0 radical (unpaired) electrons. The van der Waals surface area contributed by atoms with Gasteiger partial charge in [-0.15, -0.1) is 0 Å². The summed E-state index contributed by atoms with van der Waals surface area (Å²) in [4.78, 5) is 40.7. The Bertz CT molecular complexity index is 1240. The summed E-state index contributed by atoms with van der Waals surface area (Å²) in [6, 6.07) is 18.6. The van der Waals surface area contributed by atoms with Gasteiger partial charge in [-0.1, -0.05) is 74.5 Å². The molecule has 9 heteroatoms. The van der Waals surface area contributed by atoms with Gasteiger partial charge in [-0.05, 0) is 48.1 Å². The van der Waals surface area contributed by atoms with Gasteiger partial charge >= 0.3 is 6.09 Å². The SMILES string of the molecule is CC(C)[C@@H]1COC(=O)N1C(=O)[C@H](Cc1ccccc1)[C@H]1OC(=CCCOC[C@@H](CO)OCc2ccccc2)C=CC1=O. The van der Waals surface area contributed by atoms with E-state index in [4.69, 9.17) is 18.9 Å². The zero-order chi connectivity index (χ0) is 29.9. The molecule has 1 N–H and O–H groups in total. The zero-order valence-electron chi connectivity index (χ0n) is 24.1. The Morgan fingerprint density at radius 3 is 2.40 bits per heavy atom. The van der Waals surface area contributed by atoms with Gasteiger partial charge in [-0.25, -0.2) is 9.69 Å². The Kier molecular flexibility index (Phi) is 11.5. The Balaban J connectivity index is 1.38. The lowest BCUT2D eigenvalue weighted by atomic mass is 9.88. The summed E-state index contributed by atoms with van der Waals surface area (Å²) in [5.41, 5.74) is 1.86. The molecule has 2 heterocycles. The first-order chi connectivity index (χ1) is 20.4. The molecule has 0 aromatic heterocycles.